The molecular formula is C22H32N2O. The number of hydrogen-bond acceptors (Lipinski definition) is 3. The zero-order valence-corrected chi connectivity index (χ0v) is 15.4. The highest BCUT2D eigenvalue weighted by Crippen LogP contribution is 2.44. The third-order valence-electron chi connectivity index (χ3n) is 7.53. The third kappa shape index (κ3) is 3.05. The molecule has 4 fully saturated rings. The highest BCUT2D eigenvalue weighted by molar-refractivity contribution is 5.34. The molecule has 1 unspecified atom stereocenters. The van der Waals surface area contributed by atoms with E-state index in [1.807, 2.05) is 0 Å². The van der Waals surface area contributed by atoms with Crippen LogP contribution in [-0.2, 0) is 4.74 Å². The van der Waals surface area contributed by atoms with Crippen molar-refractivity contribution in [2.45, 2.75) is 56.4 Å². The lowest BCUT2D eigenvalue weighted by Crippen LogP contribution is -2.52. The van der Waals surface area contributed by atoms with Gasteiger partial charge < -0.3 is 15.0 Å². The smallest absolute Gasteiger partial charge is 0.0535 e. The van der Waals surface area contributed by atoms with Crippen LogP contribution in [0.5, 0.6) is 0 Å². The van der Waals surface area contributed by atoms with Crippen molar-refractivity contribution in [3.63, 3.8) is 0 Å². The summed E-state index contributed by atoms with van der Waals surface area (Å²) in [6, 6.07) is 10.1. The van der Waals surface area contributed by atoms with Crippen molar-refractivity contribution in [1.29, 1.82) is 0 Å². The van der Waals surface area contributed by atoms with Crippen molar-refractivity contribution in [1.82, 2.24) is 10.2 Å². The van der Waals surface area contributed by atoms with Crippen LogP contribution in [0.4, 0.5) is 0 Å². The molecule has 4 aliphatic rings. The Kier molecular flexibility index (Phi) is 4.35. The van der Waals surface area contributed by atoms with Crippen molar-refractivity contribution in [3.8, 4) is 0 Å². The fraction of sp³-hybridized carbons (Fsp3) is 0.727. The molecule has 1 N–H and O–H groups in total. The molecule has 1 aliphatic carbocycles. The minimum Gasteiger partial charge on any atom is -0.381 e. The van der Waals surface area contributed by atoms with Crippen molar-refractivity contribution >= 4 is 0 Å². The van der Waals surface area contributed by atoms with E-state index in [2.05, 4.69) is 34.5 Å². The van der Waals surface area contributed by atoms with Crippen molar-refractivity contribution < 1.29 is 4.74 Å². The Morgan fingerprint density at radius 3 is 2.32 bits per heavy atom. The van der Waals surface area contributed by atoms with Crippen LogP contribution >= 0.6 is 0 Å². The first-order valence-electron chi connectivity index (χ1n) is 10.4. The Bertz CT molecular complexity index is 598. The third-order valence-corrected chi connectivity index (χ3v) is 7.53. The number of rotatable bonds is 3. The summed E-state index contributed by atoms with van der Waals surface area (Å²) >= 11 is 0. The molecule has 3 saturated heterocycles. The van der Waals surface area contributed by atoms with E-state index in [1.54, 1.807) is 11.1 Å². The van der Waals surface area contributed by atoms with Crippen LogP contribution in [0.1, 0.15) is 61.5 Å². The van der Waals surface area contributed by atoms with Gasteiger partial charge >= 0.3 is 0 Å². The fourth-order valence-corrected chi connectivity index (χ4v) is 5.90. The maximum Gasteiger partial charge on any atom is 0.0535 e. The lowest BCUT2D eigenvalue weighted by Gasteiger charge is -2.41. The van der Waals surface area contributed by atoms with Crippen LogP contribution in [0.3, 0.4) is 0 Å². The van der Waals surface area contributed by atoms with Gasteiger partial charge in [0.1, 0.15) is 0 Å². The monoisotopic (exact) mass is 340 g/mol. The van der Waals surface area contributed by atoms with E-state index in [0.717, 1.165) is 25.2 Å². The molecule has 3 aliphatic heterocycles. The summed E-state index contributed by atoms with van der Waals surface area (Å²) in [5.41, 5.74) is 3.89. The predicted molar refractivity (Wildman–Crippen MR) is 101 cm³/mol. The molecule has 3 heterocycles. The van der Waals surface area contributed by atoms with Crippen LogP contribution in [0.15, 0.2) is 24.3 Å². The van der Waals surface area contributed by atoms with E-state index < -0.39 is 0 Å². The Morgan fingerprint density at radius 1 is 0.960 bits per heavy atom. The molecule has 5 rings (SSSR count). The van der Waals surface area contributed by atoms with Crippen molar-refractivity contribution in [2.75, 3.05) is 39.4 Å². The van der Waals surface area contributed by atoms with Gasteiger partial charge in [-0.15, -0.1) is 0 Å². The standard InChI is InChI=1S/C22H32N2O/c1-2-4-21(18-8-12-25-14-18)20(3-1)17-6-10-24(11-7-17)19-5-9-22(13-19)15-23-16-22/h1-4,17-19,23H,5-16H2/t18?,19-/m1/s1. The summed E-state index contributed by atoms with van der Waals surface area (Å²) in [5.74, 6) is 1.39. The maximum atomic E-state index is 5.66. The quantitative estimate of drug-likeness (QED) is 0.911. The van der Waals surface area contributed by atoms with Gasteiger partial charge in [-0.2, -0.15) is 0 Å². The molecule has 3 nitrogen and oxygen atoms in total. The van der Waals surface area contributed by atoms with Gasteiger partial charge in [-0.3, -0.25) is 0 Å². The maximum absolute atomic E-state index is 5.66. The molecule has 25 heavy (non-hydrogen) atoms. The number of hydrogen-bond donors (Lipinski definition) is 1. The summed E-state index contributed by atoms with van der Waals surface area (Å²) in [4.78, 5) is 2.82. The van der Waals surface area contributed by atoms with E-state index in [-0.39, 0.29) is 0 Å². The van der Waals surface area contributed by atoms with E-state index in [4.69, 9.17) is 4.74 Å². The molecule has 1 saturated carbocycles. The van der Waals surface area contributed by atoms with Gasteiger partial charge in [-0.1, -0.05) is 24.3 Å². The zero-order chi connectivity index (χ0) is 16.7. The van der Waals surface area contributed by atoms with Gasteiger partial charge in [0.2, 0.25) is 0 Å². The van der Waals surface area contributed by atoms with Crippen LogP contribution in [0, 0.1) is 5.41 Å². The second-order valence-electron chi connectivity index (χ2n) is 9.00. The molecule has 1 spiro atoms. The van der Waals surface area contributed by atoms with Gasteiger partial charge in [0.15, 0.2) is 0 Å². The largest absolute Gasteiger partial charge is 0.381 e. The highest BCUT2D eigenvalue weighted by Gasteiger charge is 2.45. The summed E-state index contributed by atoms with van der Waals surface area (Å²) in [6.07, 6.45) is 8.21. The van der Waals surface area contributed by atoms with Gasteiger partial charge in [0.25, 0.3) is 0 Å². The fourth-order valence-electron chi connectivity index (χ4n) is 5.90. The summed E-state index contributed by atoms with van der Waals surface area (Å²) in [7, 11) is 0. The first-order valence-corrected chi connectivity index (χ1v) is 10.4. The summed E-state index contributed by atoms with van der Waals surface area (Å²) < 4.78 is 5.66. The molecule has 0 aromatic heterocycles. The lowest BCUT2D eigenvalue weighted by atomic mass is 9.79. The molecule has 3 heteroatoms. The van der Waals surface area contributed by atoms with Crippen LogP contribution in [-0.4, -0.2) is 50.3 Å². The number of likely N-dealkylation sites (tertiary alicyclic amines) is 1. The number of ether oxygens (including phenoxy) is 1. The van der Waals surface area contributed by atoms with Gasteiger partial charge in [-0.25, -0.2) is 0 Å². The van der Waals surface area contributed by atoms with E-state index in [0.29, 0.717) is 11.3 Å². The molecule has 0 bridgehead atoms. The first kappa shape index (κ1) is 16.3. The number of nitrogens with zero attached hydrogens (tertiary/aromatic N) is 1. The Labute approximate surface area is 152 Å². The summed E-state index contributed by atoms with van der Waals surface area (Å²) in [5, 5.41) is 3.50. The van der Waals surface area contributed by atoms with Crippen LogP contribution < -0.4 is 5.32 Å². The van der Waals surface area contributed by atoms with Gasteiger partial charge in [0, 0.05) is 31.7 Å². The molecule has 2 atom stereocenters. The molecule has 0 radical (unpaired) electrons. The topological polar surface area (TPSA) is 24.5 Å². The van der Waals surface area contributed by atoms with Crippen molar-refractivity contribution in [2.24, 2.45) is 5.41 Å². The summed E-state index contributed by atoms with van der Waals surface area (Å²) in [6.45, 7) is 7.01. The molecule has 0 amide bonds. The number of nitrogens with one attached hydrogen (secondary N) is 1. The first-order chi connectivity index (χ1) is 12.3. The SMILES string of the molecule is c1ccc(C2CCOC2)c(C2CCN([C@@H]3CCC4(CNC4)C3)CC2)c1. The lowest BCUT2D eigenvalue weighted by molar-refractivity contribution is 0.120. The Hall–Kier alpha value is -0.900. The molecule has 136 valence electrons. The van der Waals surface area contributed by atoms with Crippen LogP contribution in [0.25, 0.3) is 0 Å². The normalized spacial score (nSPS) is 33.0. The Morgan fingerprint density at radius 2 is 1.72 bits per heavy atom. The van der Waals surface area contributed by atoms with E-state index in [1.165, 1.54) is 64.7 Å². The average molecular weight is 341 g/mol. The van der Waals surface area contributed by atoms with Crippen molar-refractivity contribution in [3.05, 3.63) is 35.4 Å². The number of benzene rings is 1. The Balaban J connectivity index is 1.23. The van der Waals surface area contributed by atoms with Crippen LogP contribution in [0.2, 0.25) is 0 Å². The number of piperidine rings is 1. The van der Waals surface area contributed by atoms with E-state index >= 15 is 0 Å². The predicted octanol–water partition coefficient (Wildman–Crippen LogP) is 3.51. The minimum absolute atomic E-state index is 0.634. The second-order valence-corrected chi connectivity index (χ2v) is 9.00. The second kappa shape index (κ2) is 6.68. The zero-order valence-electron chi connectivity index (χ0n) is 15.4. The molecule has 1 aromatic rings. The van der Waals surface area contributed by atoms with Gasteiger partial charge in [0.05, 0.1) is 6.61 Å². The molecule has 1 aromatic carbocycles. The highest BCUT2D eigenvalue weighted by atomic mass is 16.5. The average Bonchev–Trinajstić information content (AvgIpc) is 3.32. The minimum atomic E-state index is 0.634. The van der Waals surface area contributed by atoms with Gasteiger partial charge in [-0.05, 0) is 74.1 Å². The molecular weight excluding hydrogens is 308 g/mol. The van der Waals surface area contributed by atoms with E-state index in [9.17, 15) is 0 Å².